The molecular weight excluding hydrogens is 379 g/mol. The number of carbonyl (C=O) groups is 1. The van der Waals surface area contributed by atoms with Gasteiger partial charge in [0, 0.05) is 44.6 Å². The molecule has 1 aromatic carbocycles. The van der Waals surface area contributed by atoms with Gasteiger partial charge in [0.1, 0.15) is 11.9 Å². The van der Waals surface area contributed by atoms with E-state index in [4.69, 9.17) is 4.74 Å². The van der Waals surface area contributed by atoms with Gasteiger partial charge in [0.05, 0.1) is 13.2 Å². The molecule has 0 bridgehead atoms. The largest absolute Gasteiger partial charge is 0.396 e. The lowest BCUT2D eigenvalue weighted by Gasteiger charge is -2.36. The first-order valence-corrected chi connectivity index (χ1v) is 10.6. The van der Waals surface area contributed by atoms with Gasteiger partial charge in [-0.05, 0) is 40.1 Å². The molecule has 2 aliphatic heterocycles. The van der Waals surface area contributed by atoms with E-state index in [-0.39, 0.29) is 30.2 Å². The van der Waals surface area contributed by atoms with Gasteiger partial charge in [-0.1, -0.05) is 12.1 Å². The van der Waals surface area contributed by atoms with E-state index in [2.05, 4.69) is 16.3 Å². The van der Waals surface area contributed by atoms with Crippen molar-refractivity contribution < 1.29 is 19.0 Å². The van der Waals surface area contributed by atoms with Gasteiger partial charge in [-0.3, -0.25) is 9.69 Å². The normalized spacial score (nSPS) is 24.4. The van der Waals surface area contributed by atoms with Crippen molar-refractivity contribution in [2.45, 2.75) is 12.0 Å². The second-order valence-electron chi connectivity index (χ2n) is 7.45. The van der Waals surface area contributed by atoms with Gasteiger partial charge in [0.15, 0.2) is 0 Å². The van der Waals surface area contributed by atoms with Crippen LogP contribution in [0.15, 0.2) is 41.1 Å². The van der Waals surface area contributed by atoms with Crippen molar-refractivity contribution in [1.82, 2.24) is 9.80 Å². The number of hydrogen-bond acceptors (Lipinski definition) is 5. The molecule has 3 atom stereocenters. The van der Waals surface area contributed by atoms with E-state index in [1.165, 1.54) is 17.7 Å². The Hall–Kier alpha value is -1.80. The number of morpholine rings is 1. The Kier molecular flexibility index (Phi) is 6.06. The fraction of sp³-hybridized carbons (Fsp3) is 0.476. The van der Waals surface area contributed by atoms with Crippen molar-refractivity contribution in [2.75, 3.05) is 46.0 Å². The van der Waals surface area contributed by atoms with Gasteiger partial charge < -0.3 is 14.7 Å². The lowest BCUT2D eigenvalue weighted by Crippen LogP contribution is -2.46. The summed E-state index contributed by atoms with van der Waals surface area (Å²) >= 11 is 1.63. The molecule has 1 aromatic heterocycles. The van der Waals surface area contributed by atoms with Crippen molar-refractivity contribution in [2.24, 2.45) is 5.92 Å². The van der Waals surface area contributed by atoms with Crippen molar-refractivity contribution in [3.8, 4) is 0 Å². The average Bonchev–Trinajstić information content (AvgIpc) is 3.38. The lowest BCUT2D eigenvalue weighted by molar-refractivity contribution is -0.138. The van der Waals surface area contributed by atoms with E-state index in [1.807, 2.05) is 16.3 Å². The van der Waals surface area contributed by atoms with Crippen LogP contribution in [0.4, 0.5) is 4.39 Å². The summed E-state index contributed by atoms with van der Waals surface area (Å²) in [6.07, 6.45) is 0. The molecule has 2 saturated heterocycles. The van der Waals surface area contributed by atoms with Crippen LogP contribution in [0.25, 0.3) is 0 Å². The SMILES string of the molecule is O=C([C@@H](c1cccc(F)c1)N1CCOCC1)N1C[C@@H](CO)[C@H](c2ccsc2)C1. The highest BCUT2D eigenvalue weighted by molar-refractivity contribution is 7.08. The third kappa shape index (κ3) is 3.98. The number of carbonyl (C=O) groups excluding carboxylic acids is 1. The first-order valence-electron chi connectivity index (χ1n) is 9.66. The van der Waals surface area contributed by atoms with Gasteiger partial charge in [-0.15, -0.1) is 0 Å². The maximum Gasteiger partial charge on any atom is 0.244 e. The summed E-state index contributed by atoms with van der Waals surface area (Å²) in [7, 11) is 0. The predicted molar refractivity (Wildman–Crippen MR) is 106 cm³/mol. The number of aliphatic hydroxyl groups excluding tert-OH is 1. The number of hydrogen-bond donors (Lipinski definition) is 1. The Labute approximate surface area is 168 Å². The van der Waals surface area contributed by atoms with Crippen LogP contribution in [0.1, 0.15) is 23.1 Å². The molecule has 28 heavy (non-hydrogen) atoms. The molecule has 0 saturated carbocycles. The molecule has 0 spiro atoms. The zero-order chi connectivity index (χ0) is 19.5. The van der Waals surface area contributed by atoms with Crippen LogP contribution in [0.3, 0.4) is 0 Å². The number of benzene rings is 1. The Morgan fingerprint density at radius 2 is 2.11 bits per heavy atom. The molecule has 5 nitrogen and oxygen atoms in total. The molecular formula is C21H25FN2O3S. The first kappa shape index (κ1) is 19.5. The third-order valence-electron chi connectivity index (χ3n) is 5.77. The minimum absolute atomic E-state index is 0.0244. The molecule has 2 aliphatic rings. The van der Waals surface area contributed by atoms with Crippen molar-refractivity contribution in [3.05, 3.63) is 58.0 Å². The maximum atomic E-state index is 13.9. The summed E-state index contributed by atoms with van der Waals surface area (Å²) in [5, 5.41) is 14.0. The van der Waals surface area contributed by atoms with E-state index >= 15 is 0 Å². The van der Waals surface area contributed by atoms with Crippen LogP contribution in [0, 0.1) is 11.7 Å². The van der Waals surface area contributed by atoms with E-state index < -0.39 is 6.04 Å². The Balaban J connectivity index is 1.60. The predicted octanol–water partition coefficient (Wildman–Crippen LogP) is 2.50. The average molecular weight is 405 g/mol. The van der Waals surface area contributed by atoms with Gasteiger partial charge >= 0.3 is 0 Å². The van der Waals surface area contributed by atoms with Crippen LogP contribution in [-0.4, -0.2) is 66.8 Å². The van der Waals surface area contributed by atoms with Crippen molar-refractivity contribution in [1.29, 1.82) is 0 Å². The van der Waals surface area contributed by atoms with Crippen LogP contribution in [0.2, 0.25) is 0 Å². The molecule has 7 heteroatoms. The highest BCUT2D eigenvalue weighted by atomic mass is 32.1. The zero-order valence-corrected chi connectivity index (χ0v) is 16.5. The topological polar surface area (TPSA) is 53.0 Å². The van der Waals surface area contributed by atoms with Gasteiger partial charge in [-0.25, -0.2) is 4.39 Å². The number of rotatable bonds is 5. The Morgan fingerprint density at radius 3 is 2.79 bits per heavy atom. The summed E-state index contributed by atoms with van der Waals surface area (Å²) < 4.78 is 19.3. The van der Waals surface area contributed by atoms with Crippen LogP contribution >= 0.6 is 11.3 Å². The molecule has 0 unspecified atom stereocenters. The van der Waals surface area contributed by atoms with Crippen molar-refractivity contribution in [3.63, 3.8) is 0 Å². The number of likely N-dealkylation sites (tertiary alicyclic amines) is 1. The molecule has 0 radical (unpaired) electrons. The monoisotopic (exact) mass is 404 g/mol. The fourth-order valence-electron chi connectivity index (χ4n) is 4.29. The third-order valence-corrected chi connectivity index (χ3v) is 6.47. The lowest BCUT2D eigenvalue weighted by atomic mass is 9.92. The minimum atomic E-state index is -0.528. The van der Waals surface area contributed by atoms with Crippen molar-refractivity contribution >= 4 is 17.2 Å². The van der Waals surface area contributed by atoms with Gasteiger partial charge in [0.2, 0.25) is 5.91 Å². The number of halogens is 1. The van der Waals surface area contributed by atoms with Gasteiger partial charge in [-0.2, -0.15) is 11.3 Å². The summed E-state index contributed by atoms with van der Waals surface area (Å²) in [4.78, 5) is 17.5. The van der Waals surface area contributed by atoms with Crippen LogP contribution < -0.4 is 0 Å². The molecule has 3 heterocycles. The Morgan fingerprint density at radius 1 is 1.29 bits per heavy atom. The highest BCUT2D eigenvalue weighted by Gasteiger charge is 2.40. The number of aliphatic hydroxyl groups is 1. The molecule has 0 aliphatic carbocycles. The van der Waals surface area contributed by atoms with E-state index in [0.717, 1.165) is 0 Å². The summed E-state index contributed by atoms with van der Waals surface area (Å²) in [6, 6.07) is 7.86. The zero-order valence-electron chi connectivity index (χ0n) is 15.7. The maximum absolute atomic E-state index is 13.9. The second kappa shape index (κ2) is 8.69. The standard InChI is InChI=1S/C21H25FN2O3S/c22-18-3-1-2-15(10-18)20(23-5-7-27-8-6-23)21(26)24-11-17(13-25)19(12-24)16-4-9-28-14-16/h1-4,9-10,14,17,19-20,25H,5-8,11-13H2/t17-,19-,20+/m0/s1. The summed E-state index contributed by atoms with van der Waals surface area (Å²) in [6.45, 7) is 3.55. The number of thiophene rings is 1. The fourth-order valence-corrected chi connectivity index (χ4v) is 5.02. The number of amides is 1. The smallest absolute Gasteiger partial charge is 0.244 e. The van der Waals surface area contributed by atoms with E-state index in [1.54, 1.807) is 17.4 Å². The van der Waals surface area contributed by atoms with E-state index in [0.29, 0.717) is 45.0 Å². The Bertz CT molecular complexity index is 795. The second-order valence-corrected chi connectivity index (χ2v) is 8.23. The molecule has 1 N–H and O–H groups in total. The van der Waals surface area contributed by atoms with Crippen LogP contribution in [0.5, 0.6) is 0 Å². The molecule has 2 aromatic rings. The van der Waals surface area contributed by atoms with Gasteiger partial charge in [0.25, 0.3) is 0 Å². The molecule has 2 fully saturated rings. The summed E-state index contributed by atoms with van der Waals surface area (Å²) in [5.74, 6) is -0.201. The van der Waals surface area contributed by atoms with Crippen LogP contribution in [-0.2, 0) is 9.53 Å². The molecule has 1 amide bonds. The quantitative estimate of drug-likeness (QED) is 0.832. The number of ether oxygens (including phenoxy) is 1. The minimum Gasteiger partial charge on any atom is -0.396 e. The molecule has 4 rings (SSSR count). The summed E-state index contributed by atoms with van der Waals surface area (Å²) in [5.41, 5.74) is 1.85. The molecule has 150 valence electrons. The first-order chi connectivity index (χ1) is 13.7. The van der Waals surface area contributed by atoms with E-state index in [9.17, 15) is 14.3 Å². The highest BCUT2D eigenvalue weighted by Crippen LogP contribution is 2.36. The number of nitrogens with zero attached hydrogens (tertiary/aromatic N) is 2.